The minimum Gasteiger partial charge on any atom is -0.322 e. The molecule has 1 unspecified atom stereocenters. The lowest BCUT2D eigenvalue weighted by atomic mass is 9.84. The minimum atomic E-state index is -0.528. The highest BCUT2D eigenvalue weighted by atomic mass is 16.2. The molecule has 2 aliphatic heterocycles. The quantitative estimate of drug-likeness (QED) is 0.860. The first-order valence-electron chi connectivity index (χ1n) is 9.38. The van der Waals surface area contributed by atoms with E-state index >= 15 is 0 Å². The van der Waals surface area contributed by atoms with Crippen LogP contribution in [0.4, 0.5) is 0 Å². The van der Waals surface area contributed by atoms with Crippen LogP contribution in [-0.2, 0) is 22.6 Å². The lowest BCUT2D eigenvalue weighted by molar-refractivity contribution is -0.136. The van der Waals surface area contributed by atoms with Crippen LogP contribution in [0.2, 0.25) is 0 Å². The fourth-order valence-corrected chi connectivity index (χ4v) is 4.48. The molecule has 4 rings (SSSR count). The van der Waals surface area contributed by atoms with Crippen molar-refractivity contribution in [2.24, 2.45) is 5.92 Å². The van der Waals surface area contributed by atoms with Crippen molar-refractivity contribution in [2.45, 2.75) is 64.0 Å². The smallest absolute Gasteiger partial charge is 0.255 e. The Kier molecular flexibility index (Phi) is 4.32. The van der Waals surface area contributed by atoms with E-state index < -0.39 is 6.04 Å². The van der Waals surface area contributed by atoms with E-state index in [0.29, 0.717) is 24.9 Å². The number of nitrogens with one attached hydrogen (secondary N) is 1. The van der Waals surface area contributed by atoms with Crippen molar-refractivity contribution < 1.29 is 14.4 Å². The average molecular weight is 340 g/mol. The number of hydrogen-bond donors (Lipinski definition) is 1. The SMILES string of the molecule is O=C1CCC(N2Cc3cc(CC4CCCCC4)ccc3C2=O)C(=O)N1. The molecule has 1 atom stereocenters. The van der Waals surface area contributed by atoms with Gasteiger partial charge in [-0.15, -0.1) is 0 Å². The molecule has 2 heterocycles. The third-order valence-electron chi connectivity index (χ3n) is 5.84. The fourth-order valence-electron chi connectivity index (χ4n) is 4.48. The zero-order valence-electron chi connectivity index (χ0n) is 14.4. The molecule has 0 radical (unpaired) electrons. The van der Waals surface area contributed by atoms with Crippen LogP contribution in [0.25, 0.3) is 0 Å². The van der Waals surface area contributed by atoms with Crippen molar-refractivity contribution in [1.29, 1.82) is 0 Å². The number of hydrogen-bond acceptors (Lipinski definition) is 3. The van der Waals surface area contributed by atoms with Crippen molar-refractivity contribution in [2.75, 3.05) is 0 Å². The Morgan fingerprint density at radius 1 is 1.04 bits per heavy atom. The summed E-state index contributed by atoms with van der Waals surface area (Å²) in [5, 5.41) is 2.35. The Labute approximate surface area is 147 Å². The Morgan fingerprint density at radius 3 is 2.60 bits per heavy atom. The summed E-state index contributed by atoms with van der Waals surface area (Å²) in [6.07, 6.45) is 8.42. The molecule has 0 aromatic heterocycles. The molecule has 1 saturated carbocycles. The molecule has 5 heteroatoms. The number of fused-ring (bicyclic) bond motifs is 1. The Morgan fingerprint density at radius 2 is 1.84 bits per heavy atom. The Bertz CT molecular complexity index is 722. The van der Waals surface area contributed by atoms with Gasteiger partial charge in [-0.05, 0) is 36.0 Å². The van der Waals surface area contributed by atoms with Gasteiger partial charge in [-0.3, -0.25) is 19.7 Å². The minimum absolute atomic E-state index is 0.0892. The first-order valence-corrected chi connectivity index (χ1v) is 9.38. The summed E-state index contributed by atoms with van der Waals surface area (Å²) in [7, 11) is 0. The van der Waals surface area contributed by atoms with Crippen LogP contribution < -0.4 is 5.32 Å². The monoisotopic (exact) mass is 340 g/mol. The van der Waals surface area contributed by atoms with Crippen molar-refractivity contribution in [3.63, 3.8) is 0 Å². The van der Waals surface area contributed by atoms with Crippen LogP contribution in [0.3, 0.4) is 0 Å². The summed E-state index contributed by atoms with van der Waals surface area (Å²) >= 11 is 0. The second-order valence-electron chi connectivity index (χ2n) is 7.60. The maximum atomic E-state index is 12.7. The van der Waals surface area contributed by atoms with Gasteiger partial charge in [-0.1, -0.05) is 44.2 Å². The highest BCUT2D eigenvalue weighted by molar-refractivity contribution is 6.05. The number of benzene rings is 1. The highest BCUT2D eigenvalue weighted by Crippen LogP contribution is 2.31. The molecule has 1 aromatic rings. The molecule has 5 nitrogen and oxygen atoms in total. The van der Waals surface area contributed by atoms with Gasteiger partial charge in [0.2, 0.25) is 11.8 Å². The van der Waals surface area contributed by atoms with Crippen LogP contribution >= 0.6 is 0 Å². The molecule has 132 valence electrons. The van der Waals surface area contributed by atoms with Crippen molar-refractivity contribution in [3.8, 4) is 0 Å². The van der Waals surface area contributed by atoms with Crippen molar-refractivity contribution in [1.82, 2.24) is 10.2 Å². The van der Waals surface area contributed by atoms with E-state index in [0.717, 1.165) is 17.9 Å². The van der Waals surface area contributed by atoms with Gasteiger partial charge < -0.3 is 4.90 Å². The van der Waals surface area contributed by atoms with Crippen LogP contribution in [0, 0.1) is 5.92 Å². The van der Waals surface area contributed by atoms with E-state index in [-0.39, 0.29) is 17.7 Å². The maximum Gasteiger partial charge on any atom is 0.255 e. The zero-order valence-corrected chi connectivity index (χ0v) is 14.4. The summed E-state index contributed by atoms with van der Waals surface area (Å²) in [4.78, 5) is 37.7. The molecular weight excluding hydrogens is 316 g/mol. The predicted molar refractivity (Wildman–Crippen MR) is 92.8 cm³/mol. The van der Waals surface area contributed by atoms with Crippen molar-refractivity contribution >= 4 is 17.7 Å². The van der Waals surface area contributed by atoms with Gasteiger partial charge in [0.25, 0.3) is 5.91 Å². The van der Waals surface area contributed by atoms with Gasteiger partial charge in [0.1, 0.15) is 6.04 Å². The molecule has 2 fully saturated rings. The topological polar surface area (TPSA) is 66.5 Å². The normalized spacial score (nSPS) is 24.4. The number of imide groups is 1. The number of piperidine rings is 1. The summed E-state index contributed by atoms with van der Waals surface area (Å²) in [6, 6.07) is 5.61. The summed E-state index contributed by atoms with van der Waals surface area (Å²) in [5.41, 5.74) is 3.02. The fraction of sp³-hybridized carbons (Fsp3) is 0.550. The molecule has 0 bridgehead atoms. The van der Waals surface area contributed by atoms with Crippen LogP contribution in [-0.4, -0.2) is 28.7 Å². The lowest BCUT2D eigenvalue weighted by Crippen LogP contribution is -2.52. The van der Waals surface area contributed by atoms with E-state index in [1.165, 1.54) is 37.7 Å². The van der Waals surface area contributed by atoms with E-state index in [1.54, 1.807) is 4.90 Å². The van der Waals surface area contributed by atoms with E-state index in [1.807, 2.05) is 6.07 Å². The Balaban J connectivity index is 1.49. The standard InChI is InChI=1S/C20H24N2O3/c23-18-9-8-17(19(24)21-18)22-12-15-11-14(6-7-16(15)20(22)25)10-13-4-2-1-3-5-13/h6-7,11,13,17H,1-5,8-10,12H2,(H,21,23,24). The molecular formula is C20H24N2O3. The molecule has 1 aromatic carbocycles. The van der Waals surface area contributed by atoms with E-state index in [9.17, 15) is 14.4 Å². The average Bonchev–Trinajstić information content (AvgIpc) is 2.92. The number of amides is 3. The lowest BCUT2D eigenvalue weighted by Gasteiger charge is -2.29. The summed E-state index contributed by atoms with van der Waals surface area (Å²) in [5.74, 6) is 0.0730. The van der Waals surface area contributed by atoms with E-state index in [2.05, 4.69) is 17.4 Å². The third kappa shape index (κ3) is 3.20. The second-order valence-corrected chi connectivity index (χ2v) is 7.60. The molecule has 1 aliphatic carbocycles. The molecule has 3 aliphatic rings. The maximum absolute atomic E-state index is 12.7. The number of carbonyl (C=O) groups excluding carboxylic acids is 3. The molecule has 1 saturated heterocycles. The highest BCUT2D eigenvalue weighted by Gasteiger charge is 2.39. The van der Waals surface area contributed by atoms with Gasteiger partial charge in [-0.2, -0.15) is 0 Å². The first-order chi connectivity index (χ1) is 12.1. The molecule has 0 spiro atoms. The predicted octanol–water partition coefficient (Wildman–Crippen LogP) is 2.57. The summed E-state index contributed by atoms with van der Waals surface area (Å²) < 4.78 is 0. The van der Waals surface area contributed by atoms with Gasteiger partial charge >= 0.3 is 0 Å². The number of nitrogens with zero attached hydrogens (tertiary/aromatic N) is 1. The first kappa shape index (κ1) is 16.3. The van der Waals surface area contributed by atoms with Gasteiger partial charge in [-0.25, -0.2) is 0 Å². The third-order valence-corrected chi connectivity index (χ3v) is 5.84. The van der Waals surface area contributed by atoms with E-state index in [4.69, 9.17) is 0 Å². The second kappa shape index (κ2) is 6.62. The van der Waals surface area contributed by atoms with Crippen LogP contribution in [0.1, 0.15) is 66.4 Å². The number of carbonyl (C=O) groups is 3. The van der Waals surface area contributed by atoms with Gasteiger partial charge in [0.15, 0.2) is 0 Å². The number of rotatable bonds is 3. The summed E-state index contributed by atoms with van der Waals surface area (Å²) in [6.45, 7) is 0.471. The van der Waals surface area contributed by atoms with Crippen molar-refractivity contribution in [3.05, 3.63) is 34.9 Å². The zero-order chi connectivity index (χ0) is 17.4. The molecule has 1 N–H and O–H groups in total. The largest absolute Gasteiger partial charge is 0.322 e. The Hall–Kier alpha value is -2.17. The molecule has 25 heavy (non-hydrogen) atoms. The van der Waals surface area contributed by atoms with Gasteiger partial charge in [0, 0.05) is 18.5 Å². The van der Waals surface area contributed by atoms with Crippen LogP contribution in [0.5, 0.6) is 0 Å². The van der Waals surface area contributed by atoms with Gasteiger partial charge in [0.05, 0.1) is 0 Å². The molecule has 3 amide bonds. The van der Waals surface area contributed by atoms with Crippen LogP contribution in [0.15, 0.2) is 18.2 Å².